The zero-order valence-corrected chi connectivity index (χ0v) is 27.2. The van der Waals surface area contributed by atoms with E-state index in [1.807, 2.05) is 0 Å². The molecular formula is C33H35BIN2OPS. The zero-order valence-electron chi connectivity index (χ0n) is 23.3. The maximum atomic E-state index is 11.1. The van der Waals surface area contributed by atoms with Crippen LogP contribution in [-0.4, -0.2) is 24.4 Å². The Balaban J connectivity index is 1.29. The van der Waals surface area contributed by atoms with E-state index in [-0.39, 0.29) is 5.41 Å². The number of rotatable bonds is 8. The topological polar surface area (TPSA) is 35.5 Å². The van der Waals surface area contributed by atoms with Gasteiger partial charge in [-0.05, 0) is 23.3 Å². The molecule has 0 aliphatic carbocycles. The first-order valence-electron chi connectivity index (χ1n) is 13.7. The van der Waals surface area contributed by atoms with Crippen molar-refractivity contribution in [1.29, 1.82) is 0 Å². The van der Waals surface area contributed by atoms with Gasteiger partial charge in [0.25, 0.3) is 0 Å². The van der Waals surface area contributed by atoms with Crippen molar-refractivity contribution in [1.82, 2.24) is 0 Å². The van der Waals surface area contributed by atoms with Gasteiger partial charge in [-0.2, -0.15) is 0 Å². The number of fused-ring (bicyclic) bond motifs is 2. The summed E-state index contributed by atoms with van der Waals surface area (Å²) >= 11 is 4.05. The van der Waals surface area contributed by atoms with Gasteiger partial charge in [-0.15, -0.1) is 0 Å². The molecule has 4 aromatic rings. The summed E-state index contributed by atoms with van der Waals surface area (Å²) < 4.78 is 0. The molecule has 0 aromatic heterocycles. The van der Waals surface area contributed by atoms with Crippen molar-refractivity contribution in [3.05, 3.63) is 102 Å². The molecule has 1 atom stereocenters. The number of benzene rings is 4. The standard InChI is InChI=1S/C33H35BIN2OPS/c1-33(2,3)28-21-27(39(34)35)22-31(32(28)38)40-18-10-9-17-37(25-12-5-4-6-13-25)26-15-16-30-24(20-26)19-23-11-7-8-14-29(23)36-30/h4-8,11-16,20-22,36,38H,9-10,17-19H2,1-3H3. The summed E-state index contributed by atoms with van der Waals surface area (Å²) in [5, 5.41) is 15.8. The first kappa shape index (κ1) is 29.2. The molecule has 5 rings (SSSR count). The van der Waals surface area contributed by atoms with E-state index < -0.39 is 4.88 Å². The van der Waals surface area contributed by atoms with Crippen LogP contribution in [0.25, 0.3) is 0 Å². The number of halogens is 1. The maximum absolute atomic E-state index is 11.1. The SMILES string of the molecule is B#P(I)c1cc(SCCCCN(c2ccccc2)c2ccc3c(c2)Cc2ccccc2N3)c(O)c(C(C)(C)C)c1. The summed E-state index contributed by atoms with van der Waals surface area (Å²) in [6.07, 6.45) is 3.03. The van der Waals surface area contributed by atoms with Crippen LogP contribution >= 0.6 is 38.7 Å². The molecule has 0 fully saturated rings. The fourth-order valence-corrected chi connectivity index (χ4v) is 7.58. The number of para-hydroxylation sites is 2. The van der Waals surface area contributed by atoms with Gasteiger partial charge in [0.15, 0.2) is 0 Å². The fraction of sp³-hybridized carbons (Fsp3) is 0.273. The molecule has 3 nitrogen and oxygen atoms in total. The summed E-state index contributed by atoms with van der Waals surface area (Å²) in [5.41, 5.74) is 8.32. The molecule has 1 aliphatic rings. The molecule has 1 heterocycles. The van der Waals surface area contributed by atoms with E-state index in [1.54, 1.807) is 11.8 Å². The fourth-order valence-electron chi connectivity index (χ4n) is 5.13. The van der Waals surface area contributed by atoms with Crippen LogP contribution in [0.3, 0.4) is 0 Å². The molecule has 1 aliphatic heterocycles. The number of phenolic OH excluding ortho intramolecular Hbond substituents is 1. The van der Waals surface area contributed by atoms with Crippen molar-refractivity contribution in [2.75, 3.05) is 22.5 Å². The number of nitrogens with one attached hydrogen (secondary N) is 1. The molecule has 1 unspecified atom stereocenters. The summed E-state index contributed by atoms with van der Waals surface area (Å²) in [6, 6.07) is 30.2. The van der Waals surface area contributed by atoms with Crippen LogP contribution in [0.15, 0.2) is 89.8 Å². The molecule has 204 valence electrons. The van der Waals surface area contributed by atoms with Crippen LogP contribution in [0.1, 0.15) is 50.3 Å². The number of anilines is 4. The van der Waals surface area contributed by atoms with Gasteiger partial charge < -0.3 is 5.32 Å². The molecule has 0 radical (unpaired) electrons. The summed E-state index contributed by atoms with van der Waals surface area (Å²) in [7, 11) is 6.28. The van der Waals surface area contributed by atoms with Crippen molar-refractivity contribution in [3.8, 4) is 5.75 Å². The van der Waals surface area contributed by atoms with Gasteiger partial charge in [0.2, 0.25) is 0 Å². The number of thioether (sulfide) groups is 1. The number of aromatic hydroxyl groups is 1. The average molecular weight is 676 g/mol. The van der Waals surface area contributed by atoms with Crippen LogP contribution in [0.2, 0.25) is 0 Å². The second-order valence-electron chi connectivity index (χ2n) is 11.2. The number of nitrogens with zero attached hydrogens (tertiary/aromatic N) is 1. The molecule has 7 heteroatoms. The van der Waals surface area contributed by atoms with Gasteiger partial charge in [-0.3, -0.25) is 0 Å². The van der Waals surface area contributed by atoms with Gasteiger partial charge in [-0.1, -0.05) is 36.4 Å². The van der Waals surface area contributed by atoms with Gasteiger partial charge in [0, 0.05) is 17.8 Å². The number of hydrogen-bond donors (Lipinski definition) is 2. The van der Waals surface area contributed by atoms with Crippen molar-refractivity contribution < 1.29 is 5.11 Å². The van der Waals surface area contributed by atoms with Crippen LogP contribution in [0.5, 0.6) is 5.75 Å². The Bertz CT molecular complexity index is 1580. The normalized spacial score (nSPS) is 12.8. The number of phenols is 1. The van der Waals surface area contributed by atoms with Crippen LogP contribution in [0, 0.1) is 0 Å². The van der Waals surface area contributed by atoms with Gasteiger partial charge in [0.1, 0.15) is 0 Å². The Kier molecular flexibility index (Phi) is 9.29. The van der Waals surface area contributed by atoms with Crippen molar-refractivity contribution in [3.63, 3.8) is 0 Å². The van der Waals surface area contributed by atoms with Gasteiger partial charge in [-0.25, -0.2) is 0 Å². The second-order valence-corrected chi connectivity index (χ2v) is 16.6. The first-order valence-corrected chi connectivity index (χ1v) is 18.9. The van der Waals surface area contributed by atoms with Crippen molar-refractivity contribution in [2.45, 2.75) is 50.3 Å². The molecule has 0 saturated heterocycles. The van der Waals surface area contributed by atoms with Crippen molar-refractivity contribution >= 4 is 73.7 Å². The number of hydrogen-bond acceptors (Lipinski definition) is 4. The van der Waals surface area contributed by atoms with Crippen LogP contribution < -0.4 is 15.5 Å². The van der Waals surface area contributed by atoms with E-state index in [4.69, 9.17) is 7.01 Å². The minimum atomic E-state index is -0.753. The molecule has 0 amide bonds. The third kappa shape index (κ3) is 6.78. The Morgan fingerprint density at radius 3 is 2.38 bits per heavy atom. The van der Waals surface area contributed by atoms with Gasteiger partial charge in [0.05, 0.1) is 0 Å². The molecule has 0 saturated carbocycles. The van der Waals surface area contributed by atoms with Crippen LogP contribution in [0.4, 0.5) is 22.7 Å². The Hall–Kier alpha value is -2.28. The van der Waals surface area contributed by atoms with E-state index >= 15 is 0 Å². The van der Waals surface area contributed by atoms with Crippen molar-refractivity contribution in [2.24, 2.45) is 0 Å². The zero-order chi connectivity index (χ0) is 28.3. The predicted octanol–water partition coefficient (Wildman–Crippen LogP) is 9.59. The predicted molar refractivity (Wildman–Crippen MR) is 186 cm³/mol. The average Bonchev–Trinajstić information content (AvgIpc) is 2.94. The Morgan fingerprint density at radius 2 is 1.62 bits per heavy atom. The molecule has 40 heavy (non-hydrogen) atoms. The van der Waals surface area contributed by atoms with E-state index in [2.05, 4.69) is 138 Å². The third-order valence-corrected chi connectivity index (χ3v) is 10.8. The van der Waals surface area contributed by atoms with E-state index in [0.29, 0.717) is 5.75 Å². The molecule has 0 bridgehead atoms. The monoisotopic (exact) mass is 676 g/mol. The molecule has 4 aromatic carbocycles. The summed E-state index contributed by atoms with van der Waals surface area (Å²) in [4.78, 5) is 2.62. The Labute approximate surface area is 257 Å². The molecular weight excluding hydrogens is 641 g/mol. The Morgan fingerprint density at radius 1 is 0.900 bits per heavy atom. The van der Waals surface area contributed by atoms with Gasteiger partial charge >= 0.3 is 176 Å². The van der Waals surface area contributed by atoms with E-state index in [1.165, 1.54) is 33.9 Å². The molecule has 0 spiro atoms. The first-order chi connectivity index (χ1) is 19.2. The second kappa shape index (κ2) is 12.7. The third-order valence-electron chi connectivity index (χ3n) is 7.28. The quantitative estimate of drug-likeness (QED) is 0.0565. The summed E-state index contributed by atoms with van der Waals surface area (Å²) in [5.74, 6) is 1.35. The van der Waals surface area contributed by atoms with E-state index in [9.17, 15) is 5.11 Å². The number of unbranched alkanes of at least 4 members (excludes halogenated alkanes) is 1. The molecule has 2 N–H and O–H groups in total. The minimum absolute atomic E-state index is 0.139. The summed E-state index contributed by atoms with van der Waals surface area (Å²) in [6.45, 7) is 7.34. The van der Waals surface area contributed by atoms with E-state index in [0.717, 1.165) is 47.3 Å². The van der Waals surface area contributed by atoms with Crippen LogP contribution in [-0.2, 0) is 11.8 Å².